The van der Waals surface area contributed by atoms with Crippen molar-refractivity contribution in [1.82, 2.24) is 19.7 Å². The predicted molar refractivity (Wildman–Crippen MR) is 130 cm³/mol. The van der Waals surface area contributed by atoms with Crippen molar-refractivity contribution in [2.75, 3.05) is 11.1 Å². The molecule has 0 saturated heterocycles. The summed E-state index contributed by atoms with van der Waals surface area (Å²) < 4.78 is 6.91. The smallest absolute Gasteiger partial charge is 0.330 e. The first-order chi connectivity index (χ1) is 16.2. The van der Waals surface area contributed by atoms with E-state index in [4.69, 9.17) is 4.42 Å². The minimum atomic E-state index is -0.425. The third-order valence-electron chi connectivity index (χ3n) is 5.61. The number of thiol groups is 1. The van der Waals surface area contributed by atoms with Crippen molar-refractivity contribution in [3.8, 4) is 11.5 Å². The van der Waals surface area contributed by atoms with Gasteiger partial charge in [-0.15, -0.1) is 10.2 Å². The van der Waals surface area contributed by atoms with Gasteiger partial charge in [0.1, 0.15) is 11.6 Å². The molecule has 8 nitrogen and oxygen atoms in total. The molecule has 0 aliphatic heterocycles. The quantitative estimate of drug-likeness (QED) is 0.237. The van der Waals surface area contributed by atoms with Gasteiger partial charge in [0.2, 0.25) is 5.89 Å². The van der Waals surface area contributed by atoms with Crippen molar-refractivity contribution in [3.63, 3.8) is 0 Å². The van der Waals surface area contributed by atoms with Gasteiger partial charge in [-0.25, -0.2) is 4.79 Å². The van der Waals surface area contributed by atoms with Crippen molar-refractivity contribution < 1.29 is 4.42 Å². The summed E-state index contributed by atoms with van der Waals surface area (Å²) in [5.74, 6) is 2.59. The van der Waals surface area contributed by atoms with Crippen LogP contribution in [0.3, 0.4) is 0 Å². The number of hydrogen-bond donors (Lipinski definition) is 2. The highest BCUT2D eigenvalue weighted by Gasteiger charge is 2.14. The van der Waals surface area contributed by atoms with Gasteiger partial charge >= 0.3 is 5.69 Å². The topological polar surface area (TPSA) is 106 Å². The molecule has 2 aromatic carbocycles. The van der Waals surface area contributed by atoms with E-state index in [2.05, 4.69) is 32.6 Å². The molecule has 2 heterocycles. The highest BCUT2D eigenvalue weighted by Crippen LogP contribution is 2.25. The third-order valence-corrected chi connectivity index (χ3v) is 6.62. The Labute approximate surface area is 194 Å². The molecule has 0 unspecified atom stereocenters. The Balaban J connectivity index is 1.17. The molecule has 9 heteroatoms. The van der Waals surface area contributed by atoms with Crippen LogP contribution >= 0.6 is 0 Å². The average molecular weight is 463 g/mol. The minimum absolute atomic E-state index is 0.314. The van der Waals surface area contributed by atoms with Crippen LogP contribution in [0.4, 0.5) is 11.5 Å². The molecule has 168 valence electrons. The van der Waals surface area contributed by atoms with Crippen molar-refractivity contribution in [2.24, 2.45) is 0 Å². The zero-order chi connectivity index (χ0) is 22.6. The fourth-order valence-electron chi connectivity index (χ4n) is 3.96. The lowest BCUT2D eigenvalue weighted by atomic mass is 10.1. The Morgan fingerprint density at radius 1 is 1.03 bits per heavy atom. The summed E-state index contributed by atoms with van der Waals surface area (Å²) in [4.78, 5) is 27.8. The lowest BCUT2D eigenvalue weighted by Gasteiger charge is -2.09. The maximum Gasteiger partial charge on any atom is 0.330 e. The average Bonchev–Trinajstić information content (AvgIpc) is 3.48. The zero-order valence-corrected chi connectivity index (χ0v) is 18.8. The molecular weight excluding hydrogens is 438 g/mol. The Bertz CT molecular complexity index is 1350. The van der Waals surface area contributed by atoms with E-state index in [1.807, 2.05) is 36.4 Å². The van der Waals surface area contributed by atoms with E-state index in [0.717, 1.165) is 35.9 Å². The van der Waals surface area contributed by atoms with Crippen molar-refractivity contribution in [2.45, 2.75) is 31.6 Å². The van der Waals surface area contributed by atoms with E-state index in [1.54, 1.807) is 0 Å². The number of rotatable bonds is 8. The summed E-state index contributed by atoms with van der Waals surface area (Å²) in [6.07, 6.45) is 3.35. The normalized spacial score (nSPS) is 12.6. The van der Waals surface area contributed by atoms with Gasteiger partial charge in [-0.05, 0) is 66.4 Å². The largest absolute Gasteiger partial charge is 0.416 e. The van der Waals surface area contributed by atoms with Gasteiger partial charge in [0.05, 0.1) is 6.54 Å². The van der Waals surface area contributed by atoms with E-state index in [-0.39, 0.29) is 5.56 Å². The third kappa shape index (κ3) is 4.93. The fraction of sp³-hybridized carbons (Fsp3) is 0.250. The molecule has 1 aliphatic carbocycles. The molecule has 5 rings (SSSR count). The van der Waals surface area contributed by atoms with Gasteiger partial charge in [0.25, 0.3) is 11.4 Å². The van der Waals surface area contributed by atoms with E-state index in [0.29, 0.717) is 35.6 Å². The molecule has 0 radical (unpaired) electrons. The summed E-state index contributed by atoms with van der Waals surface area (Å²) in [6, 6.07) is 17.2. The lowest BCUT2D eigenvalue weighted by molar-refractivity contribution is 0.528. The summed E-state index contributed by atoms with van der Waals surface area (Å²) in [5, 5.41) is 11.3. The maximum atomic E-state index is 12.5. The predicted octanol–water partition coefficient (Wildman–Crippen LogP) is 2.83. The number of aromatic nitrogens is 4. The van der Waals surface area contributed by atoms with Crippen LogP contribution in [0.15, 0.2) is 68.6 Å². The van der Waals surface area contributed by atoms with Crippen LogP contribution in [0.1, 0.15) is 23.4 Å². The zero-order valence-electron chi connectivity index (χ0n) is 18.0. The number of nitrogens with zero attached hydrogens (tertiary/aromatic N) is 3. The Morgan fingerprint density at radius 3 is 2.73 bits per heavy atom. The van der Waals surface area contributed by atoms with Crippen molar-refractivity contribution >= 4 is 23.3 Å². The van der Waals surface area contributed by atoms with Gasteiger partial charge in [-0.1, -0.05) is 24.3 Å². The van der Waals surface area contributed by atoms with Gasteiger partial charge in [-0.3, -0.25) is 14.3 Å². The summed E-state index contributed by atoms with van der Waals surface area (Å²) >= 11 is 0.987. The Kier molecular flexibility index (Phi) is 6.12. The molecular formula is C24H24N5O3S+. The molecule has 0 fully saturated rings. The van der Waals surface area contributed by atoms with E-state index < -0.39 is 5.69 Å². The second-order valence-electron chi connectivity index (χ2n) is 7.91. The molecule has 33 heavy (non-hydrogen) atoms. The lowest BCUT2D eigenvalue weighted by Crippen LogP contribution is -2.36. The molecule has 0 saturated carbocycles. The molecule has 2 aromatic heterocycles. The molecule has 2 N–H and O–H groups in total. The van der Waals surface area contributed by atoms with Crippen LogP contribution in [0.5, 0.6) is 0 Å². The molecule has 0 spiro atoms. The van der Waals surface area contributed by atoms with Crippen molar-refractivity contribution in [3.05, 3.63) is 92.5 Å². The van der Waals surface area contributed by atoms with E-state index in [1.165, 1.54) is 28.2 Å². The first-order valence-corrected chi connectivity index (χ1v) is 12.2. The summed E-state index contributed by atoms with van der Waals surface area (Å²) in [6.45, 7) is 0.314. The molecule has 0 atom stereocenters. The second kappa shape index (κ2) is 9.50. The fourth-order valence-corrected chi connectivity index (χ4v) is 4.78. The van der Waals surface area contributed by atoms with Crippen LogP contribution in [0, 0.1) is 0 Å². The number of benzene rings is 2. The van der Waals surface area contributed by atoms with Crippen LogP contribution in [-0.4, -0.2) is 25.5 Å². The number of hydrogen-bond acceptors (Lipinski definition) is 6. The van der Waals surface area contributed by atoms with Gasteiger partial charge < -0.3 is 9.73 Å². The SMILES string of the molecule is O=c1cc(Nc2ccc3c(c2)CCC3)[nH]c(=O)n1CC[SH+]Cc1nnc(-c2ccccc2)o1. The molecule has 1 aliphatic rings. The first kappa shape index (κ1) is 21.3. The number of aryl methyl sites for hydroxylation is 2. The van der Waals surface area contributed by atoms with E-state index >= 15 is 0 Å². The van der Waals surface area contributed by atoms with Crippen molar-refractivity contribution in [1.29, 1.82) is 0 Å². The Hall–Kier alpha value is -3.59. The minimum Gasteiger partial charge on any atom is -0.416 e. The monoisotopic (exact) mass is 462 g/mol. The van der Waals surface area contributed by atoms with Crippen LogP contribution < -0.4 is 16.6 Å². The standard InChI is InChI=1S/C24H23N5O3S/c30-22-14-20(25-19-10-9-16-7-4-8-18(16)13-19)26-24(31)29(22)11-12-33-15-21-27-28-23(32-21)17-5-2-1-3-6-17/h1-3,5-6,9-10,13-14,25H,4,7-8,11-12,15H2,(H,26,31)/p+1. The summed E-state index contributed by atoms with van der Waals surface area (Å²) in [5.41, 5.74) is 3.69. The molecule has 0 amide bonds. The maximum absolute atomic E-state index is 12.5. The van der Waals surface area contributed by atoms with Crippen LogP contribution in [0.25, 0.3) is 11.5 Å². The van der Waals surface area contributed by atoms with Crippen LogP contribution in [0.2, 0.25) is 0 Å². The number of aromatic amines is 1. The number of fused-ring (bicyclic) bond motifs is 1. The number of nitrogens with one attached hydrogen (secondary N) is 2. The number of H-pyrrole nitrogens is 1. The van der Waals surface area contributed by atoms with Gasteiger partial charge in [0.15, 0.2) is 5.75 Å². The van der Waals surface area contributed by atoms with Gasteiger partial charge in [0, 0.05) is 17.3 Å². The van der Waals surface area contributed by atoms with E-state index in [9.17, 15) is 9.59 Å². The molecule has 0 bridgehead atoms. The first-order valence-electron chi connectivity index (χ1n) is 10.9. The highest BCUT2D eigenvalue weighted by atomic mass is 32.2. The summed E-state index contributed by atoms with van der Waals surface area (Å²) in [7, 11) is 0. The number of anilines is 2. The van der Waals surface area contributed by atoms with Crippen LogP contribution in [-0.2, 0) is 36.9 Å². The second-order valence-corrected chi connectivity index (χ2v) is 9.12. The molecule has 4 aromatic rings. The Morgan fingerprint density at radius 2 is 1.88 bits per heavy atom. The van der Waals surface area contributed by atoms with Gasteiger partial charge in [-0.2, -0.15) is 0 Å². The highest BCUT2D eigenvalue weighted by molar-refractivity contribution is 7.77.